The molecule has 3 rings (SSSR count). The second-order valence-corrected chi connectivity index (χ2v) is 4.78. The van der Waals surface area contributed by atoms with Gasteiger partial charge in [0.05, 0.1) is 0 Å². The van der Waals surface area contributed by atoms with Crippen molar-refractivity contribution in [3.05, 3.63) is 12.2 Å². The summed E-state index contributed by atoms with van der Waals surface area (Å²) in [5.41, 5.74) is 1.39. The predicted octanol–water partition coefficient (Wildman–Crippen LogP) is 0.553. The highest BCUT2D eigenvalue weighted by Crippen LogP contribution is 2.27. The van der Waals surface area contributed by atoms with Gasteiger partial charge in [-0.1, -0.05) is 6.58 Å². The molecule has 0 aromatic rings. The van der Waals surface area contributed by atoms with Crippen LogP contribution in [0.4, 0.5) is 0 Å². The van der Waals surface area contributed by atoms with E-state index in [9.17, 15) is 0 Å². The molecule has 78 valence electrons. The molecule has 0 spiro atoms. The van der Waals surface area contributed by atoms with Crippen molar-refractivity contribution in [2.75, 3.05) is 39.3 Å². The van der Waals surface area contributed by atoms with Crippen LogP contribution in [0.1, 0.15) is 12.8 Å². The molecule has 3 aliphatic rings. The van der Waals surface area contributed by atoms with E-state index in [0.29, 0.717) is 6.29 Å². The van der Waals surface area contributed by atoms with Crippen LogP contribution in [0.5, 0.6) is 0 Å². The van der Waals surface area contributed by atoms with Crippen molar-refractivity contribution in [3.8, 4) is 0 Å². The number of hydrogen-bond donors (Lipinski definition) is 0. The van der Waals surface area contributed by atoms with Crippen molar-refractivity contribution in [1.82, 2.24) is 14.7 Å². The van der Waals surface area contributed by atoms with Crippen LogP contribution in [-0.2, 0) is 0 Å². The minimum absolute atomic E-state index is 0.614. The first kappa shape index (κ1) is 8.89. The van der Waals surface area contributed by atoms with E-state index in [4.69, 9.17) is 0 Å². The van der Waals surface area contributed by atoms with Gasteiger partial charge in [-0.15, -0.1) is 0 Å². The van der Waals surface area contributed by atoms with Gasteiger partial charge in [0.25, 0.3) is 0 Å². The molecule has 0 atom stereocenters. The molecule has 3 heteroatoms. The Kier molecular flexibility index (Phi) is 2.11. The Morgan fingerprint density at radius 3 is 1.93 bits per heavy atom. The highest BCUT2D eigenvalue weighted by molar-refractivity contribution is 5.07. The lowest BCUT2D eigenvalue weighted by atomic mass is 10.1. The van der Waals surface area contributed by atoms with Gasteiger partial charge in [0.2, 0.25) is 0 Å². The van der Waals surface area contributed by atoms with E-state index in [1.54, 1.807) is 0 Å². The summed E-state index contributed by atoms with van der Waals surface area (Å²) >= 11 is 0. The molecule has 0 radical (unpaired) electrons. The van der Waals surface area contributed by atoms with Crippen molar-refractivity contribution in [1.29, 1.82) is 0 Å². The van der Waals surface area contributed by atoms with Crippen LogP contribution in [0, 0.1) is 0 Å². The summed E-state index contributed by atoms with van der Waals surface area (Å²) in [4.78, 5) is 7.82. The Morgan fingerprint density at radius 1 is 0.857 bits per heavy atom. The zero-order valence-electron chi connectivity index (χ0n) is 8.78. The first-order valence-electron chi connectivity index (χ1n) is 5.73. The molecule has 0 N–H and O–H groups in total. The fourth-order valence-electron chi connectivity index (χ4n) is 3.17. The fourth-order valence-corrected chi connectivity index (χ4v) is 3.17. The lowest BCUT2D eigenvalue weighted by molar-refractivity contribution is -0.127. The molecular weight excluding hydrogens is 174 g/mol. The minimum Gasteiger partial charge on any atom is -0.275 e. The second-order valence-electron chi connectivity index (χ2n) is 4.78. The normalized spacial score (nSPS) is 31.9. The smallest absolute Gasteiger partial charge is 0.120 e. The average molecular weight is 193 g/mol. The van der Waals surface area contributed by atoms with Gasteiger partial charge in [0.1, 0.15) is 6.29 Å². The van der Waals surface area contributed by atoms with Gasteiger partial charge in [-0.25, -0.2) is 0 Å². The van der Waals surface area contributed by atoms with Gasteiger partial charge < -0.3 is 0 Å². The van der Waals surface area contributed by atoms with Gasteiger partial charge in [-0.3, -0.25) is 14.7 Å². The molecule has 3 fully saturated rings. The lowest BCUT2D eigenvalue weighted by Gasteiger charge is -2.55. The molecule has 0 aromatic carbocycles. The summed E-state index contributed by atoms with van der Waals surface area (Å²) in [7, 11) is 0. The van der Waals surface area contributed by atoms with Crippen LogP contribution >= 0.6 is 0 Å². The first-order chi connectivity index (χ1) is 6.84. The molecule has 0 aliphatic carbocycles. The van der Waals surface area contributed by atoms with E-state index in [2.05, 4.69) is 21.3 Å². The van der Waals surface area contributed by atoms with Crippen LogP contribution in [0.25, 0.3) is 0 Å². The Labute approximate surface area is 86.0 Å². The van der Waals surface area contributed by atoms with Gasteiger partial charge >= 0.3 is 0 Å². The Balaban J connectivity index is 1.85. The molecule has 3 heterocycles. The fraction of sp³-hybridized carbons (Fsp3) is 0.818. The maximum Gasteiger partial charge on any atom is 0.120 e. The van der Waals surface area contributed by atoms with Crippen LogP contribution in [0.15, 0.2) is 12.2 Å². The molecule has 0 aromatic heterocycles. The van der Waals surface area contributed by atoms with E-state index >= 15 is 0 Å². The average Bonchev–Trinajstić information content (AvgIpc) is 2.18. The maximum absolute atomic E-state index is 4.15. The summed E-state index contributed by atoms with van der Waals surface area (Å²) in [6, 6.07) is 0. The molecule has 0 saturated carbocycles. The Bertz CT molecular complexity index is 229. The Morgan fingerprint density at radius 2 is 1.36 bits per heavy atom. The van der Waals surface area contributed by atoms with Crippen molar-refractivity contribution in [2.24, 2.45) is 0 Å². The predicted molar refractivity (Wildman–Crippen MR) is 56.9 cm³/mol. The van der Waals surface area contributed by atoms with Gasteiger partial charge in [-0.05, 0) is 18.4 Å². The van der Waals surface area contributed by atoms with Crippen molar-refractivity contribution < 1.29 is 0 Å². The Hall–Kier alpha value is -0.380. The molecule has 3 aliphatic heterocycles. The minimum atomic E-state index is 0.614. The largest absolute Gasteiger partial charge is 0.275 e. The number of nitrogens with zero attached hydrogens (tertiary/aromatic N) is 3. The molecule has 3 nitrogen and oxygen atoms in total. The van der Waals surface area contributed by atoms with Crippen molar-refractivity contribution in [3.63, 3.8) is 0 Å². The third-order valence-electron chi connectivity index (χ3n) is 3.61. The van der Waals surface area contributed by atoms with Crippen molar-refractivity contribution >= 4 is 0 Å². The number of rotatable bonds is 0. The van der Waals surface area contributed by atoms with E-state index in [-0.39, 0.29) is 0 Å². The molecule has 14 heavy (non-hydrogen) atoms. The van der Waals surface area contributed by atoms with Gasteiger partial charge in [-0.2, -0.15) is 0 Å². The van der Waals surface area contributed by atoms with Crippen LogP contribution in [0.3, 0.4) is 0 Å². The monoisotopic (exact) mass is 193 g/mol. The van der Waals surface area contributed by atoms with E-state index in [1.807, 2.05) is 0 Å². The summed E-state index contributed by atoms with van der Waals surface area (Å²) in [6.07, 6.45) is 3.28. The van der Waals surface area contributed by atoms with Gasteiger partial charge in [0.15, 0.2) is 0 Å². The second kappa shape index (κ2) is 3.33. The van der Waals surface area contributed by atoms with Crippen LogP contribution < -0.4 is 0 Å². The molecule has 3 saturated heterocycles. The number of hydrogen-bond acceptors (Lipinski definition) is 3. The van der Waals surface area contributed by atoms with Gasteiger partial charge in [0, 0.05) is 39.3 Å². The summed E-state index contributed by atoms with van der Waals surface area (Å²) in [5.74, 6) is 0. The SMILES string of the molecule is C=C1CN2CCCN3CCCN(C1)C32. The zero-order chi connectivity index (χ0) is 9.54. The van der Waals surface area contributed by atoms with Crippen molar-refractivity contribution in [2.45, 2.75) is 19.1 Å². The van der Waals surface area contributed by atoms with Crippen LogP contribution in [0.2, 0.25) is 0 Å². The third kappa shape index (κ3) is 1.31. The summed E-state index contributed by atoms with van der Waals surface area (Å²) in [6.45, 7) is 11.5. The molecule has 0 unspecified atom stereocenters. The summed E-state index contributed by atoms with van der Waals surface area (Å²) in [5, 5.41) is 0. The topological polar surface area (TPSA) is 9.72 Å². The van der Waals surface area contributed by atoms with E-state index < -0.39 is 0 Å². The van der Waals surface area contributed by atoms with E-state index in [1.165, 1.54) is 44.6 Å². The molecule has 0 bridgehead atoms. The molecular formula is C11H19N3. The lowest BCUT2D eigenvalue weighted by Crippen LogP contribution is -2.67. The van der Waals surface area contributed by atoms with Crippen LogP contribution in [-0.4, -0.2) is 60.3 Å². The quantitative estimate of drug-likeness (QED) is 0.520. The highest BCUT2D eigenvalue weighted by Gasteiger charge is 2.39. The molecule has 0 amide bonds. The standard InChI is InChI=1S/C11H19N3/c1-10-8-13-6-2-4-12-5-3-7-14(9-10)11(12)13/h11H,1-9H2. The first-order valence-corrected chi connectivity index (χ1v) is 5.73. The van der Waals surface area contributed by atoms with E-state index in [0.717, 1.165) is 13.1 Å². The maximum atomic E-state index is 4.15. The summed E-state index contributed by atoms with van der Waals surface area (Å²) < 4.78 is 0. The third-order valence-corrected chi connectivity index (χ3v) is 3.61. The highest BCUT2D eigenvalue weighted by atomic mass is 15.5. The zero-order valence-corrected chi connectivity index (χ0v) is 8.78.